The van der Waals surface area contributed by atoms with Gasteiger partial charge in [-0.05, 0) is 57.8 Å². The average molecular weight is 1060 g/mol. The monoisotopic (exact) mass is 1060 g/mol. The summed E-state index contributed by atoms with van der Waals surface area (Å²) in [4.78, 5) is 13.0. The molecule has 0 aliphatic carbocycles. The Bertz CT molecular complexity index is 1320. The molecule has 0 bridgehead atoms. The van der Waals surface area contributed by atoms with Crippen LogP contribution in [-0.2, 0) is 14.3 Å². The molecule has 9 heteroatoms. The number of amides is 1. The summed E-state index contributed by atoms with van der Waals surface area (Å²) in [5.74, 6) is -0.174. The van der Waals surface area contributed by atoms with E-state index in [1.165, 1.54) is 238 Å². The predicted molar refractivity (Wildman–Crippen MR) is 318 cm³/mol. The summed E-state index contributed by atoms with van der Waals surface area (Å²) < 4.78 is 11.2. The van der Waals surface area contributed by atoms with Gasteiger partial charge in [-0.3, -0.25) is 4.79 Å². The van der Waals surface area contributed by atoms with Crippen molar-refractivity contribution in [1.82, 2.24) is 5.32 Å². The van der Waals surface area contributed by atoms with Gasteiger partial charge in [-0.15, -0.1) is 0 Å². The van der Waals surface area contributed by atoms with Crippen LogP contribution in [0.3, 0.4) is 0 Å². The molecule has 0 saturated carbocycles. The highest BCUT2D eigenvalue weighted by Crippen LogP contribution is 2.23. The smallest absolute Gasteiger partial charge is 0.220 e. The lowest BCUT2D eigenvalue weighted by molar-refractivity contribution is -0.302. The highest BCUT2D eigenvalue weighted by Gasteiger charge is 2.44. The van der Waals surface area contributed by atoms with Crippen LogP contribution in [0.5, 0.6) is 0 Å². The van der Waals surface area contributed by atoms with Crippen LogP contribution in [0.1, 0.15) is 309 Å². The van der Waals surface area contributed by atoms with E-state index in [-0.39, 0.29) is 12.5 Å². The summed E-state index contributed by atoms with van der Waals surface area (Å²) in [7, 11) is 0. The van der Waals surface area contributed by atoms with Crippen molar-refractivity contribution in [3.8, 4) is 0 Å². The molecule has 7 atom stereocenters. The minimum absolute atomic E-state index is 0.174. The minimum atomic E-state index is -1.56. The fourth-order valence-corrected chi connectivity index (χ4v) is 10.3. The van der Waals surface area contributed by atoms with Crippen LogP contribution < -0.4 is 5.32 Å². The maximum atomic E-state index is 13.0. The average Bonchev–Trinajstić information content (AvgIpc) is 3.41. The topological polar surface area (TPSA) is 149 Å². The van der Waals surface area contributed by atoms with Crippen LogP contribution in [0.25, 0.3) is 0 Å². The summed E-state index contributed by atoms with van der Waals surface area (Å²) in [6.07, 6.45) is 68.1. The molecule has 6 N–H and O–H groups in total. The molecule has 1 amide bonds. The van der Waals surface area contributed by atoms with E-state index in [0.717, 1.165) is 51.4 Å². The number of aliphatic hydroxyl groups is 5. The number of allylic oxidation sites excluding steroid dienone is 7. The Morgan fingerprint density at radius 2 is 0.787 bits per heavy atom. The summed E-state index contributed by atoms with van der Waals surface area (Å²) in [5, 5.41) is 54.4. The van der Waals surface area contributed by atoms with Gasteiger partial charge in [0.25, 0.3) is 0 Å². The zero-order chi connectivity index (χ0) is 54.3. The Hall–Kier alpha value is -1.85. The van der Waals surface area contributed by atoms with Crippen molar-refractivity contribution in [2.24, 2.45) is 0 Å². The maximum absolute atomic E-state index is 13.0. The number of ether oxygens (including phenoxy) is 2. The minimum Gasteiger partial charge on any atom is -0.394 e. The summed E-state index contributed by atoms with van der Waals surface area (Å²) in [6, 6.07) is -0.802. The fourth-order valence-electron chi connectivity index (χ4n) is 10.3. The van der Waals surface area contributed by atoms with E-state index in [1.807, 2.05) is 6.08 Å². The molecule has 1 fully saturated rings. The maximum Gasteiger partial charge on any atom is 0.220 e. The van der Waals surface area contributed by atoms with Gasteiger partial charge in [-0.1, -0.05) is 294 Å². The molecule has 1 heterocycles. The number of unbranched alkanes of at least 4 members (excludes halogenated alkanes) is 40. The van der Waals surface area contributed by atoms with Crippen molar-refractivity contribution in [3.05, 3.63) is 48.6 Å². The Kier molecular flexibility index (Phi) is 52.6. The van der Waals surface area contributed by atoms with Gasteiger partial charge in [0.2, 0.25) is 5.91 Å². The van der Waals surface area contributed by atoms with Crippen molar-refractivity contribution in [2.75, 3.05) is 13.2 Å². The third-order valence-corrected chi connectivity index (χ3v) is 15.4. The van der Waals surface area contributed by atoms with Gasteiger partial charge in [0, 0.05) is 6.42 Å². The zero-order valence-corrected chi connectivity index (χ0v) is 49.1. The molecular formula is C66H123NO8. The van der Waals surface area contributed by atoms with Crippen LogP contribution >= 0.6 is 0 Å². The van der Waals surface area contributed by atoms with Gasteiger partial charge in [0.15, 0.2) is 6.29 Å². The molecule has 440 valence electrons. The molecule has 1 saturated heterocycles. The Balaban J connectivity index is 1.99. The predicted octanol–water partition coefficient (Wildman–Crippen LogP) is 16.9. The molecular weight excluding hydrogens is 935 g/mol. The molecule has 7 unspecified atom stereocenters. The lowest BCUT2D eigenvalue weighted by Gasteiger charge is -2.40. The molecule has 1 aliphatic rings. The number of carbonyl (C=O) groups is 1. The van der Waals surface area contributed by atoms with E-state index in [1.54, 1.807) is 6.08 Å². The molecule has 0 radical (unpaired) electrons. The normalized spacial score (nSPS) is 19.2. The number of nitrogens with one attached hydrogen (secondary N) is 1. The second kappa shape index (κ2) is 55.5. The lowest BCUT2D eigenvalue weighted by atomic mass is 9.99. The first kappa shape index (κ1) is 71.2. The first-order chi connectivity index (χ1) is 36.8. The first-order valence-corrected chi connectivity index (χ1v) is 32.4. The SMILES string of the molecule is CCCCCCC/C=C\C/C=C\C/C=C\CCCCCCCCCCCCCCCCCCCCCCCCCCCCC(=O)NC(COC1OC(CO)C(O)C(O)C1O)C(O)/C=C/CCCCCCCCCCC. The third-order valence-electron chi connectivity index (χ3n) is 15.4. The number of rotatable bonds is 56. The quantitative estimate of drug-likeness (QED) is 0.0261. The van der Waals surface area contributed by atoms with Crippen LogP contribution in [0.15, 0.2) is 48.6 Å². The van der Waals surface area contributed by atoms with Crippen molar-refractivity contribution in [3.63, 3.8) is 0 Å². The van der Waals surface area contributed by atoms with E-state index in [9.17, 15) is 30.3 Å². The van der Waals surface area contributed by atoms with Gasteiger partial charge in [0.05, 0.1) is 25.4 Å². The van der Waals surface area contributed by atoms with E-state index in [0.29, 0.717) is 6.42 Å². The van der Waals surface area contributed by atoms with Crippen molar-refractivity contribution >= 4 is 5.91 Å². The molecule has 0 aromatic heterocycles. The van der Waals surface area contributed by atoms with Crippen molar-refractivity contribution in [2.45, 2.75) is 352 Å². The van der Waals surface area contributed by atoms with Gasteiger partial charge in [0.1, 0.15) is 24.4 Å². The second-order valence-electron chi connectivity index (χ2n) is 22.6. The van der Waals surface area contributed by atoms with Gasteiger partial charge < -0.3 is 40.3 Å². The van der Waals surface area contributed by atoms with Crippen LogP contribution in [0.2, 0.25) is 0 Å². The molecule has 0 aromatic carbocycles. The standard InChI is InChI=1S/C66H123NO8/c1-3-5-7-9-11-13-15-16-17-18-19-20-21-22-23-24-25-26-27-28-29-30-31-32-33-34-35-36-37-38-39-40-41-42-43-44-46-48-50-52-54-56-62(70)67-59(58-74-66-65(73)64(72)63(71)61(57-68)75-66)60(69)55-53-51-49-47-45-14-12-10-8-6-4-2/h15-16,18-19,21-22,53,55,59-61,63-66,68-69,71-73H,3-14,17,20,23-52,54,56-58H2,1-2H3,(H,67,70)/b16-15-,19-18-,22-21-,55-53+. The number of carbonyl (C=O) groups excluding carboxylic acids is 1. The number of hydrogen-bond acceptors (Lipinski definition) is 8. The zero-order valence-electron chi connectivity index (χ0n) is 49.1. The number of hydrogen-bond donors (Lipinski definition) is 6. The second-order valence-corrected chi connectivity index (χ2v) is 22.6. The molecule has 75 heavy (non-hydrogen) atoms. The fraction of sp³-hybridized carbons (Fsp3) is 0.864. The lowest BCUT2D eigenvalue weighted by Crippen LogP contribution is -2.60. The Labute approximate surface area is 463 Å². The summed E-state index contributed by atoms with van der Waals surface area (Å²) >= 11 is 0. The summed E-state index contributed by atoms with van der Waals surface area (Å²) in [5.41, 5.74) is 0. The van der Waals surface area contributed by atoms with E-state index in [4.69, 9.17) is 9.47 Å². The van der Waals surface area contributed by atoms with Gasteiger partial charge in [-0.25, -0.2) is 0 Å². The Morgan fingerprint density at radius 3 is 1.16 bits per heavy atom. The van der Waals surface area contributed by atoms with Crippen molar-refractivity contribution in [1.29, 1.82) is 0 Å². The van der Waals surface area contributed by atoms with Crippen LogP contribution in [0, 0.1) is 0 Å². The number of aliphatic hydroxyl groups excluding tert-OH is 5. The van der Waals surface area contributed by atoms with E-state index < -0.39 is 49.5 Å². The van der Waals surface area contributed by atoms with Crippen molar-refractivity contribution < 1.29 is 39.8 Å². The molecule has 1 rings (SSSR count). The largest absolute Gasteiger partial charge is 0.394 e. The van der Waals surface area contributed by atoms with Gasteiger partial charge >= 0.3 is 0 Å². The highest BCUT2D eigenvalue weighted by molar-refractivity contribution is 5.76. The molecule has 0 spiro atoms. The van der Waals surface area contributed by atoms with Gasteiger partial charge in [-0.2, -0.15) is 0 Å². The van der Waals surface area contributed by atoms with Crippen LogP contribution in [-0.4, -0.2) is 87.5 Å². The molecule has 0 aromatic rings. The highest BCUT2D eigenvalue weighted by atomic mass is 16.7. The van der Waals surface area contributed by atoms with E-state index >= 15 is 0 Å². The summed E-state index contributed by atoms with van der Waals surface area (Å²) in [6.45, 7) is 3.77. The van der Waals surface area contributed by atoms with E-state index in [2.05, 4.69) is 55.6 Å². The molecule has 9 nitrogen and oxygen atoms in total. The Morgan fingerprint density at radius 1 is 0.453 bits per heavy atom. The van der Waals surface area contributed by atoms with Crippen LogP contribution in [0.4, 0.5) is 0 Å². The third kappa shape index (κ3) is 44.7. The first-order valence-electron chi connectivity index (χ1n) is 32.4. The molecule has 1 aliphatic heterocycles.